The predicted octanol–water partition coefficient (Wildman–Crippen LogP) is 4.12. The number of carbonyl (C=O) groups is 1. The van der Waals surface area contributed by atoms with E-state index in [-0.39, 0.29) is 11.9 Å². The lowest BCUT2D eigenvalue weighted by Gasteiger charge is -2.33. The molecule has 1 aliphatic heterocycles. The number of benzene rings is 1. The van der Waals surface area contributed by atoms with Crippen molar-refractivity contribution in [2.45, 2.75) is 19.5 Å². The van der Waals surface area contributed by atoms with Crippen molar-refractivity contribution in [1.29, 1.82) is 0 Å². The van der Waals surface area contributed by atoms with Gasteiger partial charge in [-0.1, -0.05) is 29.3 Å². The molecule has 0 unspecified atom stereocenters. The van der Waals surface area contributed by atoms with Crippen molar-refractivity contribution in [3.63, 3.8) is 0 Å². The van der Waals surface area contributed by atoms with Gasteiger partial charge in [-0.3, -0.25) is 4.79 Å². The van der Waals surface area contributed by atoms with Gasteiger partial charge in [0, 0.05) is 24.8 Å². The number of hydrogen-bond acceptors (Lipinski definition) is 4. The third-order valence-electron chi connectivity index (χ3n) is 5.21. The molecule has 0 N–H and O–H groups in total. The van der Waals surface area contributed by atoms with Crippen LogP contribution in [0.5, 0.6) is 0 Å². The zero-order valence-corrected chi connectivity index (χ0v) is 17.0. The molecular formula is C20H16Cl2N6O. The van der Waals surface area contributed by atoms with E-state index in [0.29, 0.717) is 34.5 Å². The highest BCUT2D eigenvalue weighted by atomic mass is 35.5. The van der Waals surface area contributed by atoms with E-state index in [1.54, 1.807) is 23.1 Å². The number of aromatic nitrogens is 5. The maximum Gasteiger partial charge on any atom is 0.254 e. The van der Waals surface area contributed by atoms with Gasteiger partial charge in [0.15, 0.2) is 11.6 Å². The SMILES string of the molecule is C[C@@H]1c2nnc(-c3cc4ccccn4n3)n2CCN1C(=O)c1ccc(Cl)c(Cl)c1. The van der Waals surface area contributed by atoms with Crippen molar-refractivity contribution in [1.82, 2.24) is 29.3 Å². The van der Waals surface area contributed by atoms with Gasteiger partial charge in [0.1, 0.15) is 5.69 Å². The lowest BCUT2D eigenvalue weighted by molar-refractivity contribution is 0.0638. The molecule has 1 aliphatic rings. The number of nitrogens with zero attached hydrogens (tertiary/aromatic N) is 6. The number of pyridine rings is 1. The summed E-state index contributed by atoms with van der Waals surface area (Å²) in [6.45, 7) is 3.07. The van der Waals surface area contributed by atoms with Gasteiger partial charge in [0.25, 0.3) is 5.91 Å². The van der Waals surface area contributed by atoms with E-state index in [0.717, 1.165) is 17.0 Å². The van der Waals surface area contributed by atoms with Crippen LogP contribution >= 0.6 is 23.2 Å². The highest BCUT2D eigenvalue weighted by Gasteiger charge is 2.32. The smallest absolute Gasteiger partial charge is 0.254 e. The summed E-state index contributed by atoms with van der Waals surface area (Å²) in [5, 5.41) is 14.1. The van der Waals surface area contributed by atoms with Crippen LogP contribution in [0, 0.1) is 0 Å². The first-order valence-electron chi connectivity index (χ1n) is 9.17. The Kier molecular flexibility index (Phi) is 4.29. The van der Waals surface area contributed by atoms with Crippen molar-refractivity contribution >= 4 is 34.6 Å². The van der Waals surface area contributed by atoms with Crippen LogP contribution in [0.4, 0.5) is 0 Å². The van der Waals surface area contributed by atoms with Crippen molar-refractivity contribution in [3.8, 4) is 11.5 Å². The third-order valence-corrected chi connectivity index (χ3v) is 5.95. The molecule has 4 heterocycles. The molecule has 3 aromatic heterocycles. The summed E-state index contributed by atoms with van der Waals surface area (Å²) in [5.74, 6) is 1.33. The van der Waals surface area contributed by atoms with Crippen LogP contribution in [-0.2, 0) is 6.54 Å². The molecule has 1 amide bonds. The number of halogens is 2. The molecule has 146 valence electrons. The molecule has 9 heteroatoms. The van der Waals surface area contributed by atoms with Crippen molar-refractivity contribution in [2.75, 3.05) is 6.54 Å². The van der Waals surface area contributed by atoms with Crippen LogP contribution in [0.15, 0.2) is 48.7 Å². The summed E-state index contributed by atoms with van der Waals surface area (Å²) < 4.78 is 3.84. The average Bonchev–Trinajstić information content (AvgIpc) is 3.34. The molecule has 0 fully saturated rings. The first-order valence-corrected chi connectivity index (χ1v) is 9.92. The number of rotatable bonds is 2. The lowest BCUT2D eigenvalue weighted by Crippen LogP contribution is -2.41. The molecule has 7 nitrogen and oxygen atoms in total. The monoisotopic (exact) mass is 426 g/mol. The number of carbonyl (C=O) groups excluding carboxylic acids is 1. The van der Waals surface area contributed by atoms with E-state index >= 15 is 0 Å². The van der Waals surface area contributed by atoms with E-state index < -0.39 is 0 Å². The summed E-state index contributed by atoms with van der Waals surface area (Å²) >= 11 is 12.1. The normalized spacial score (nSPS) is 16.2. The largest absolute Gasteiger partial charge is 0.327 e. The first kappa shape index (κ1) is 18.1. The summed E-state index contributed by atoms with van der Waals surface area (Å²) in [4.78, 5) is 14.8. The first-order chi connectivity index (χ1) is 14.0. The molecule has 0 spiro atoms. The second kappa shape index (κ2) is 6.86. The Morgan fingerprint density at radius 1 is 1.07 bits per heavy atom. The third kappa shape index (κ3) is 2.97. The minimum Gasteiger partial charge on any atom is -0.327 e. The summed E-state index contributed by atoms with van der Waals surface area (Å²) in [6, 6.07) is 12.6. The summed E-state index contributed by atoms with van der Waals surface area (Å²) in [7, 11) is 0. The molecule has 0 aliphatic carbocycles. The van der Waals surface area contributed by atoms with Gasteiger partial charge in [0.2, 0.25) is 0 Å². The molecule has 1 aromatic carbocycles. The summed E-state index contributed by atoms with van der Waals surface area (Å²) in [5.41, 5.74) is 2.24. The zero-order valence-electron chi connectivity index (χ0n) is 15.5. The van der Waals surface area contributed by atoms with Gasteiger partial charge in [0.05, 0.1) is 21.6 Å². The zero-order chi connectivity index (χ0) is 20.1. The standard InChI is InChI=1S/C20H16Cl2N6O/c1-12-18-23-24-19(17-11-14-4-2-3-7-28(14)25-17)27(18)9-8-26(12)20(29)13-5-6-15(21)16(22)10-13/h2-7,10-12H,8-9H2,1H3/t12-/m1/s1. The highest BCUT2D eigenvalue weighted by molar-refractivity contribution is 6.42. The van der Waals surface area contributed by atoms with E-state index in [1.807, 2.05) is 46.5 Å². The Balaban J connectivity index is 1.47. The fourth-order valence-corrected chi connectivity index (χ4v) is 3.99. The van der Waals surface area contributed by atoms with E-state index in [1.165, 1.54) is 0 Å². The Bertz CT molecular complexity index is 1210. The molecule has 0 bridgehead atoms. The van der Waals surface area contributed by atoms with Gasteiger partial charge in [-0.05, 0) is 43.3 Å². The molecule has 4 aromatic rings. The van der Waals surface area contributed by atoms with Gasteiger partial charge < -0.3 is 9.47 Å². The van der Waals surface area contributed by atoms with Crippen LogP contribution in [-0.4, -0.2) is 41.7 Å². The van der Waals surface area contributed by atoms with Crippen molar-refractivity contribution in [2.24, 2.45) is 0 Å². The molecule has 0 saturated heterocycles. The maximum atomic E-state index is 13.0. The molecule has 0 radical (unpaired) electrons. The Hall–Kier alpha value is -2.90. The van der Waals surface area contributed by atoms with Crippen LogP contribution in [0.25, 0.3) is 17.0 Å². The van der Waals surface area contributed by atoms with Crippen LogP contribution in [0.1, 0.15) is 29.1 Å². The molecule has 5 rings (SSSR count). The minimum absolute atomic E-state index is 0.111. The van der Waals surface area contributed by atoms with E-state index in [4.69, 9.17) is 23.2 Å². The maximum absolute atomic E-state index is 13.0. The summed E-state index contributed by atoms with van der Waals surface area (Å²) in [6.07, 6.45) is 1.90. The van der Waals surface area contributed by atoms with Gasteiger partial charge in [-0.2, -0.15) is 5.10 Å². The average molecular weight is 427 g/mol. The molecule has 29 heavy (non-hydrogen) atoms. The number of fused-ring (bicyclic) bond motifs is 2. The van der Waals surface area contributed by atoms with Crippen LogP contribution in [0.2, 0.25) is 10.0 Å². The van der Waals surface area contributed by atoms with E-state index in [9.17, 15) is 4.79 Å². The van der Waals surface area contributed by atoms with E-state index in [2.05, 4.69) is 15.3 Å². The Labute approximate surface area is 176 Å². The van der Waals surface area contributed by atoms with Crippen molar-refractivity contribution < 1.29 is 4.79 Å². The molecular weight excluding hydrogens is 411 g/mol. The minimum atomic E-state index is -0.232. The molecule has 1 atom stereocenters. The predicted molar refractivity (Wildman–Crippen MR) is 110 cm³/mol. The van der Waals surface area contributed by atoms with Gasteiger partial charge in [-0.25, -0.2) is 4.52 Å². The number of amides is 1. The highest BCUT2D eigenvalue weighted by Crippen LogP contribution is 2.30. The van der Waals surface area contributed by atoms with Crippen LogP contribution in [0.3, 0.4) is 0 Å². The van der Waals surface area contributed by atoms with Crippen LogP contribution < -0.4 is 0 Å². The Morgan fingerprint density at radius 3 is 2.72 bits per heavy atom. The van der Waals surface area contributed by atoms with Crippen molar-refractivity contribution in [3.05, 3.63) is 70.1 Å². The Morgan fingerprint density at radius 2 is 1.93 bits per heavy atom. The number of hydrogen-bond donors (Lipinski definition) is 0. The van der Waals surface area contributed by atoms with Gasteiger partial charge in [-0.15, -0.1) is 10.2 Å². The fraction of sp³-hybridized carbons (Fsp3) is 0.200. The second-order valence-corrected chi connectivity index (χ2v) is 7.75. The topological polar surface area (TPSA) is 68.3 Å². The quantitative estimate of drug-likeness (QED) is 0.483. The second-order valence-electron chi connectivity index (χ2n) is 6.94. The lowest BCUT2D eigenvalue weighted by atomic mass is 10.1. The van der Waals surface area contributed by atoms with Gasteiger partial charge >= 0.3 is 0 Å². The molecule has 0 saturated carbocycles. The fourth-order valence-electron chi connectivity index (χ4n) is 3.69.